The monoisotopic (exact) mass is 643 g/mol. The Morgan fingerprint density at radius 2 is 1.16 bits per heavy atom. The number of hydrogen-bond acceptors (Lipinski definition) is 13. The Morgan fingerprint density at radius 1 is 0.644 bits per heavy atom. The molecule has 0 aromatic rings. The molecule has 3 saturated heterocycles. The van der Waals surface area contributed by atoms with Gasteiger partial charge in [-0.25, -0.2) is 9.59 Å². The van der Waals surface area contributed by atoms with Gasteiger partial charge < -0.3 is 38.3 Å². The summed E-state index contributed by atoms with van der Waals surface area (Å²) in [4.78, 5) is 86.1. The fraction of sp³-hybridized carbons (Fsp3) is 0.793. The zero-order valence-electron chi connectivity index (χ0n) is 26.0. The predicted molar refractivity (Wildman–Crippen MR) is 151 cm³/mol. The minimum absolute atomic E-state index is 0.0390. The highest BCUT2D eigenvalue weighted by atomic mass is 16.7. The lowest BCUT2D eigenvalue weighted by Gasteiger charge is -2.41. The van der Waals surface area contributed by atoms with E-state index in [1.165, 1.54) is 0 Å². The van der Waals surface area contributed by atoms with E-state index in [1.54, 1.807) is 12.0 Å². The quantitative estimate of drug-likeness (QED) is 0.122. The number of nitrogens with zero attached hydrogens (tertiary/aromatic N) is 3. The lowest BCUT2D eigenvalue weighted by Crippen LogP contribution is -2.46. The van der Waals surface area contributed by atoms with Crippen LogP contribution in [0.3, 0.4) is 0 Å². The fourth-order valence-electron chi connectivity index (χ4n) is 5.15. The first-order valence-corrected chi connectivity index (χ1v) is 15.4. The van der Waals surface area contributed by atoms with Gasteiger partial charge in [0.15, 0.2) is 0 Å². The van der Waals surface area contributed by atoms with Crippen molar-refractivity contribution >= 4 is 35.6 Å². The Bertz CT molecular complexity index is 999. The largest absolute Gasteiger partial charge is 0.382 e. The van der Waals surface area contributed by atoms with Crippen molar-refractivity contribution in [1.82, 2.24) is 15.0 Å². The van der Waals surface area contributed by atoms with Gasteiger partial charge >= 0.3 is 11.9 Å². The van der Waals surface area contributed by atoms with Gasteiger partial charge in [-0.15, -0.1) is 5.06 Å². The highest BCUT2D eigenvalue weighted by Gasteiger charge is 2.43. The van der Waals surface area contributed by atoms with Gasteiger partial charge in [0.1, 0.15) is 0 Å². The van der Waals surface area contributed by atoms with Crippen molar-refractivity contribution in [2.24, 2.45) is 5.41 Å². The van der Waals surface area contributed by atoms with Gasteiger partial charge in [0.25, 0.3) is 17.7 Å². The van der Waals surface area contributed by atoms with Crippen molar-refractivity contribution in [2.45, 2.75) is 57.8 Å². The fourth-order valence-corrected chi connectivity index (χ4v) is 5.15. The maximum absolute atomic E-state index is 12.8. The standard InChI is InChI=1S/C29H45N3O13/c1-39-13-14-41-17-18-43-20-19-42-16-15-40-12-6-23(33)30-10-7-29(8-11-30,21-27(37)44-31-9-2-3-24(31)34)22-28(38)45-32-25(35)4-5-26(32)36/h2-22H2,1H3. The summed E-state index contributed by atoms with van der Waals surface area (Å²) in [5.41, 5.74) is -0.950. The van der Waals surface area contributed by atoms with Crippen LogP contribution in [0.25, 0.3) is 0 Å². The van der Waals surface area contributed by atoms with Crippen LogP contribution in [0.1, 0.15) is 57.8 Å². The molecule has 4 amide bonds. The number of piperidine rings is 1. The number of amides is 4. The predicted octanol–water partition coefficient (Wildman–Crippen LogP) is 0.166. The molecule has 45 heavy (non-hydrogen) atoms. The number of carbonyl (C=O) groups excluding carboxylic acids is 6. The van der Waals surface area contributed by atoms with Gasteiger partial charge in [0, 0.05) is 39.5 Å². The highest BCUT2D eigenvalue weighted by Crippen LogP contribution is 2.40. The van der Waals surface area contributed by atoms with Crippen molar-refractivity contribution in [1.29, 1.82) is 0 Å². The number of methoxy groups -OCH3 is 1. The van der Waals surface area contributed by atoms with E-state index in [0.717, 1.165) is 5.06 Å². The molecule has 3 heterocycles. The zero-order chi connectivity index (χ0) is 32.5. The maximum atomic E-state index is 12.8. The molecule has 0 bridgehead atoms. The molecule has 0 N–H and O–H groups in total. The lowest BCUT2D eigenvalue weighted by molar-refractivity contribution is -0.202. The molecule has 0 aromatic carbocycles. The van der Waals surface area contributed by atoms with Gasteiger partial charge in [0.05, 0.1) is 85.3 Å². The average molecular weight is 644 g/mol. The zero-order valence-corrected chi connectivity index (χ0v) is 26.0. The van der Waals surface area contributed by atoms with Crippen LogP contribution >= 0.6 is 0 Å². The molecule has 3 aliphatic heterocycles. The summed E-state index contributed by atoms with van der Waals surface area (Å²) in [5.74, 6) is -3.15. The van der Waals surface area contributed by atoms with E-state index < -0.39 is 29.2 Å². The van der Waals surface area contributed by atoms with E-state index in [0.29, 0.717) is 70.9 Å². The van der Waals surface area contributed by atoms with E-state index in [-0.39, 0.29) is 82.9 Å². The summed E-state index contributed by atoms with van der Waals surface area (Å²) < 4.78 is 26.5. The molecule has 0 aromatic heterocycles. The van der Waals surface area contributed by atoms with E-state index in [9.17, 15) is 28.8 Å². The molecule has 254 valence electrons. The molecule has 0 spiro atoms. The van der Waals surface area contributed by atoms with Crippen LogP contribution in [0.5, 0.6) is 0 Å². The Kier molecular flexibility index (Phi) is 15.6. The molecular weight excluding hydrogens is 598 g/mol. The third-order valence-corrected chi connectivity index (χ3v) is 7.66. The molecule has 0 radical (unpaired) electrons. The second-order valence-corrected chi connectivity index (χ2v) is 11.0. The molecular formula is C29H45N3O13. The number of rotatable bonds is 21. The SMILES string of the molecule is COCCOCCOCCOCCOCCC(=O)N1CCC(CC(=O)ON2CCCC2=O)(CC(=O)ON2C(=O)CCC2=O)CC1. The Balaban J connectivity index is 1.36. The number of hydroxylamine groups is 4. The van der Waals surface area contributed by atoms with Crippen molar-refractivity contribution in [3.8, 4) is 0 Å². The van der Waals surface area contributed by atoms with Crippen LogP contribution in [0, 0.1) is 5.41 Å². The molecule has 0 atom stereocenters. The van der Waals surface area contributed by atoms with Crippen LogP contribution in [0.15, 0.2) is 0 Å². The number of likely N-dealkylation sites (tertiary alicyclic amines) is 1. The van der Waals surface area contributed by atoms with E-state index in [1.807, 2.05) is 0 Å². The van der Waals surface area contributed by atoms with Crippen LogP contribution in [0.2, 0.25) is 0 Å². The van der Waals surface area contributed by atoms with E-state index in [4.69, 9.17) is 33.4 Å². The van der Waals surface area contributed by atoms with Crippen LogP contribution in [0.4, 0.5) is 0 Å². The van der Waals surface area contributed by atoms with Gasteiger partial charge in [-0.05, 0) is 24.7 Å². The highest BCUT2D eigenvalue weighted by molar-refractivity contribution is 6.01. The molecule has 16 nitrogen and oxygen atoms in total. The first-order chi connectivity index (χ1) is 21.7. The third kappa shape index (κ3) is 12.6. The van der Waals surface area contributed by atoms with E-state index >= 15 is 0 Å². The Morgan fingerprint density at radius 3 is 1.67 bits per heavy atom. The number of ether oxygens (including phenoxy) is 5. The molecule has 0 saturated carbocycles. The average Bonchev–Trinajstić information content (AvgIpc) is 3.56. The third-order valence-electron chi connectivity index (χ3n) is 7.66. The summed E-state index contributed by atoms with van der Waals surface area (Å²) in [6.45, 7) is 4.60. The topological polar surface area (TPSA) is 177 Å². The van der Waals surface area contributed by atoms with Gasteiger partial charge in [0.2, 0.25) is 5.91 Å². The summed E-state index contributed by atoms with van der Waals surface area (Å²) in [6, 6.07) is 0. The second kappa shape index (κ2) is 19.4. The number of imide groups is 1. The van der Waals surface area contributed by atoms with Crippen molar-refractivity contribution in [3.05, 3.63) is 0 Å². The molecule has 3 aliphatic rings. The summed E-state index contributed by atoms with van der Waals surface area (Å²) >= 11 is 0. The van der Waals surface area contributed by atoms with Gasteiger partial charge in [-0.1, -0.05) is 0 Å². The van der Waals surface area contributed by atoms with Crippen LogP contribution in [-0.2, 0) is 62.1 Å². The van der Waals surface area contributed by atoms with Crippen LogP contribution in [-0.4, -0.2) is 137 Å². The van der Waals surface area contributed by atoms with Gasteiger partial charge in [-0.2, -0.15) is 5.06 Å². The summed E-state index contributed by atoms with van der Waals surface area (Å²) in [6.07, 6.45) is 1.01. The Labute approximate surface area is 262 Å². The van der Waals surface area contributed by atoms with Gasteiger partial charge in [-0.3, -0.25) is 19.2 Å². The normalized spacial score (nSPS) is 18.2. The smallest absolute Gasteiger partial charge is 0.333 e. The molecule has 3 fully saturated rings. The minimum atomic E-state index is -0.950. The first-order valence-electron chi connectivity index (χ1n) is 15.4. The molecule has 3 rings (SSSR count). The van der Waals surface area contributed by atoms with Crippen LogP contribution < -0.4 is 0 Å². The summed E-state index contributed by atoms with van der Waals surface area (Å²) in [7, 11) is 1.61. The Hall–Kier alpha value is -3.18. The van der Waals surface area contributed by atoms with E-state index in [2.05, 4.69) is 0 Å². The number of hydrogen-bond donors (Lipinski definition) is 0. The number of carbonyl (C=O) groups is 6. The molecule has 0 unspecified atom stereocenters. The van der Waals surface area contributed by atoms with Crippen molar-refractivity contribution in [3.63, 3.8) is 0 Å². The van der Waals surface area contributed by atoms with Crippen molar-refractivity contribution < 1.29 is 62.1 Å². The lowest BCUT2D eigenvalue weighted by atomic mass is 9.73. The molecule has 0 aliphatic carbocycles. The minimum Gasteiger partial charge on any atom is -0.382 e. The second-order valence-electron chi connectivity index (χ2n) is 11.0. The first kappa shape index (κ1) is 36.3. The van der Waals surface area contributed by atoms with Crippen molar-refractivity contribution in [2.75, 3.05) is 86.2 Å². The summed E-state index contributed by atoms with van der Waals surface area (Å²) in [5, 5.41) is 1.49. The maximum Gasteiger partial charge on any atom is 0.333 e. The molecule has 16 heteroatoms.